The third-order valence-electron chi connectivity index (χ3n) is 0.953. The van der Waals surface area contributed by atoms with Gasteiger partial charge in [0.2, 0.25) is 0 Å². The van der Waals surface area contributed by atoms with Gasteiger partial charge >= 0.3 is 0 Å². The molecule has 0 aromatic carbocycles. The molecule has 0 aromatic rings. The largest absolute Gasteiger partial charge is 0.405 e. The number of aliphatic hydroxyl groups is 1. The predicted molar refractivity (Wildman–Crippen MR) is 42.9 cm³/mol. The minimum absolute atomic E-state index is 0.149. The molecule has 0 aliphatic rings. The first-order valence-electron chi connectivity index (χ1n) is 3.05. The number of rotatable bonds is 2. The molecule has 0 amide bonds. The van der Waals surface area contributed by atoms with Crippen molar-refractivity contribution in [2.75, 3.05) is 6.61 Å². The van der Waals surface area contributed by atoms with Gasteiger partial charge < -0.3 is 22.3 Å². The molecule has 0 fully saturated rings. The minimum Gasteiger partial charge on any atom is -0.405 e. The van der Waals surface area contributed by atoms with E-state index in [1.165, 1.54) is 6.20 Å². The van der Waals surface area contributed by atoms with Gasteiger partial charge in [-0.3, -0.25) is 0 Å². The Hall–Kier alpha value is -0.580. The first-order chi connectivity index (χ1) is 4.54. The molecule has 4 heteroatoms. The summed E-state index contributed by atoms with van der Waals surface area (Å²) >= 11 is 0. The third kappa shape index (κ3) is 10.4. The summed E-state index contributed by atoms with van der Waals surface area (Å²) < 4.78 is 0. The van der Waals surface area contributed by atoms with Crippen LogP contribution in [-0.2, 0) is 0 Å². The molecule has 0 rings (SSSR count). The van der Waals surface area contributed by atoms with Gasteiger partial charge in [-0.2, -0.15) is 0 Å². The molecule has 7 N–H and O–H groups in total. The normalized spacial score (nSPS) is 9.60. The van der Waals surface area contributed by atoms with Gasteiger partial charge in [0.15, 0.2) is 0 Å². The van der Waals surface area contributed by atoms with Crippen LogP contribution in [0.5, 0.6) is 0 Å². The first kappa shape index (κ1) is 12.1. The summed E-state index contributed by atoms with van der Waals surface area (Å²) in [5, 5.41) is 8.34. The highest BCUT2D eigenvalue weighted by Crippen LogP contribution is 1.91. The Kier molecular flexibility index (Phi) is 7.93. The van der Waals surface area contributed by atoms with Crippen LogP contribution >= 0.6 is 0 Å². The summed E-state index contributed by atoms with van der Waals surface area (Å²) in [7, 11) is 0. The van der Waals surface area contributed by atoms with Gasteiger partial charge in [0.1, 0.15) is 0 Å². The lowest BCUT2D eigenvalue weighted by molar-refractivity contribution is 0.196. The van der Waals surface area contributed by atoms with E-state index in [-0.39, 0.29) is 6.61 Å². The fourth-order valence-corrected chi connectivity index (χ4v) is 0.112. The van der Waals surface area contributed by atoms with Gasteiger partial charge in [-0.25, -0.2) is 0 Å². The lowest BCUT2D eigenvalue weighted by atomic mass is 10.1. The van der Waals surface area contributed by atoms with Gasteiger partial charge in [0, 0.05) is 0 Å². The van der Waals surface area contributed by atoms with Crippen LogP contribution in [0.25, 0.3) is 0 Å². The zero-order chi connectivity index (χ0) is 8.62. The Morgan fingerprint density at radius 1 is 1.60 bits per heavy atom. The van der Waals surface area contributed by atoms with E-state index in [4.69, 9.17) is 16.6 Å². The molecule has 0 aliphatic carbocycles. The minimum atomic E-state index is -0.861. The highest BCUT2D eigenvalue weighted by Gasteiger charge is 2.12. The lowest BCUT2D eigenvalue weighted by Crippen LogP contribution is -2.51. The van der Waals surface area contributed by atoms with Crippen LogP contribution in [0.15, 0.2) is 12.8 Å². The lowest BCUT2D eigenvalue weighted by Gasteiger charge is -2.17. The quantitative estimate of drug-likeness (QED) is 0.380. The van der Waals surface area contributed by atoms with Crippen LogP contribution in [0.3, 0.4) is 0 Å². The topological polar surface area (TPSA) is 98.3 Å². The smallest absolute Gasteiger partial charge is 0.0871 e. The van der Waals surface area contributed by atoms with Crippen LogP contribution < -0.4 is 17.2 Å². The van der Waals surface area contributed by atoms with Crippen molar-refractivity contribution in [1.29, 1.82) is 0 Å². The van der Waals surface area contributed by atoms with Crippen molar-refractivity contribution in [3.05, 3.63) is 12.8 Å². The fraction of sp³-hybridized carbons (Fsp3) is 0.667. The standard InChI is InChI=1S/C4H12N2O.C2H5N/c1-2-4(5,6)3-7;1-2-3/h7H,2-3,5-6H2,1H3;2H,1,3H2. The van der Waals surface area contributed by atoms with Gasteiger partial charge in [-0.1, -0.05) is 13.5 Å². The summed E-state index contributed by atoms with van der Waals surface area (Å²) in [4.78, 5) is 0. The fourth-order valence-electron chi connectivity index (χ4n) is 0.112. The SMILES string of the molecule is C=CN.CCC(N)(N)CO. The third-order valence-corrected chi connectivity index (χ3v) is 0.953. The molecule has 0 aromatic heterocycles. The molecule has 0 unspecified atom stereocenters. The van der Waals surface area contributed by atoms with Crippen molar-refractivity contribution in [1.82, 2.24) is 0 Å². The number of hydrogen-bond donors (Lipinski definition) is 4. The maximum atomic E-state index is 8.34. The second-order valence-electron chi connectivity index (χ2n) is 1.98. The Labute approximate surface area is 61.7 Å². The van der Waals surface area contributed by atoms with Gasteiger partial charge in [-0.05, 0) is 12.6 Å². The van der Waals surface area contributed by atoms with E-state index in [0.29, 0.717) is 6.42 Å². The van der Waals surface area contributed by atoms with Crippen molar-refractivity contribution in [2.24, 2.45) is 17.2 Å². The number of aliphatic hydroxyl groups excluding tert-OH is 1. The van der Waals surface area contributed by atoms with Crippen LogP contribution in [0, 0.1) is 0 Å². The van der Waals surface area contributed by atoms with Crippen LogP contribution in [0.1, 0.15) is 13.3 Å². The molecule has 0 saturated heterocycles. The molecular weight excluding hydrogens is 130 g/mol. The molecule has 0 radical (unpaired) electrons. The van der Waals surface area contributed by atoms with E-state index in [2.05, 4.69) is 12.3 Å². The highest BCUT2D eigenvalue weighted by molar-refractivity contribution is 4.71. The molecule has 0 saturated carbocycles. The summed E-state index contributed by atoms with van der Waals surface area (Å²) in [6.45, 7) is 4.82. The Morgan fingerprint density at radius 3 is 1.90 bits per heavy atom. The Morgan fingerprint density at radius 2 is 1.90 bits per heavy atom. The van der Waals surface area contributed by atoms with Gasteiger partial charge in [0.05, 0.1) is 12.3 Å². The van der Waals surface area contributed by atoms with E-state index in [0.717, 1.165) is 0 Å². The average Bonchev–Trinajstić information content (AvgIpc) is 1.90. The maximum absolute atomic E-state index is 8.34. The monoisotopic (exact) mass is 147 g/mol. The molecule has 4 nitrogen and oxygen atoms in total. The summed E-state index contributed by atoms with van der Waals surface area (Å²) in [6.07, 6.45) is 1.85. The van der Waals surface area contributed by atoms with E-state index in [1.54, 1.807) is 0 Å². The van der Waals surface area contributed by atoms with E-state index in [1.807, 2.05) is 6.92 Å². The Bertz CT molecular complexity index is 77.1. The summed E-state index contributed by atoms with van der Waals surface area (Å²) in [5.74, 6) is 0. The molecule has 0 aliphatic heterocycles. The van der Waals surface area contributed by atoms with Crippen LogP contribution in [0.4, 0.5) is 0 Å². The maximum Gasteiger partial charge on any atom is 0.0871 e. The van der Waals surface area contributed by atoms with Crippen LogP contribution in [-0.4, -0.2) is 17.4 Å². The Balaban J connectivity index is 0. The van der Waals surface area contributed by atoms with E-state index < -0.39 is 5.66 Å². The van der Waals surface area contributed by atoms with Crippen molar-refractivity contribution < 1.29 is 5.11 Å². The average molecular weight is 147 g/mol. The van der Waals surface area contributed by atoms with Crippen molar-refractivity contribution in [3.63, 3.8) is 0 Å². The molecule has 62 valence electrons. The molecule has 0 bridgehead atoms. The van der Waals surface area contributed by atoms with Crippen molar-refractivity contribution in [3.8, 4) is 0 Å². The molecule has 10 heavy (non-hydrogen) atoms. The van der Waals surface area contributed by atoms with Crippen molar-refractivity contribution in [2.45, 2.75) is 19.0 Å². The highest BCUT2D eigenvalue weighted by atomic mass is 16.3. The number of hydrogen-bond acceptors (Lipinski definition) is 4. The molecular formula is C6H17N3O. The predicted octanol–water partition coefficient (Wildman–Crippen LogP) is -0.909. The zero-order valence-corrected chi connectivity index (χ0v) is 6.38. The molecule has 0 heterocycles. The van der Waals surface area contributed by atoms with E-state index in [9.17, 15) is 0 Å². The molecule has 0 spiro atoms. The first-order valence-corrected chi connectivity index (χ1v) is 3.05. The molecule has 0 atom stereocenters. The summed E-state index contributed by atoms with van der Waals surface area (Å²) in [6, 6.07) is 0. The van der Waals surface area contributed by atoms with Crippen LogP contribution in [0.2, 0.25) is 0 Å². The second kappa shape index (κ2) is 6.54. The second-order valence-corrected chi connectivity index (χ2v) is 1.98. The zero-order valence-electron chi connectivity index (χ0n) is 6.38. The van der Waals surface area contributed by atoms with E-state index >= 15 is 0 Å². The van der Waals surface area contributed by atoms with Crippen molar-refractivity contribution >= 4 is 0 Å². The van der Waals surface area contributed by atoms with Gasteiger partial charge in [-0.15, -0.1) is 0 Å². The van der Waals surface area contributed by atoms with Gasteiger partial charge in [0.25, 0.3) is 0 Å². The summed E-state index contributed by atoms with van der Waals surface area (Å²) in [5.41, 5.74) is 14.2. The number of nitrogens with two attached hydrogens (primary N) is 3.